The smallest absolute Gasteiger partial charge is 0.251 e. The minimum atomic E-state index is -0.0398. The van der Waals surface area contributed by atoms with Gasteiger partial charge in [0.15, 0.2) is 5.96 Å². The van der Waals surface area contributed by atoms with Crippen molar-refractivity contribution in [3.05, 3.63) is 35.4 Å². The van der Waals surface area contributed by atoms with Crippen LogP contribution in [0.1, 0.15) is 42.6 Å². The Morgan fingerprint density at radius 1 is 1.22 bits per heavy atom. The number of amides is 1. The molecule has 0 bridgehead atoms. The number of halogens is 1. The molecule has 1 aliphatic heterocycles. The number of benzene rings is 1. The van der Waals surface area contributed by atoms with Crippen molar-refractivity contribution in [2.45, 2.75) is 39.7 Å². The van der Waals surface area contributed by atoms with Crippen LogP contribution in [-0.2, 0) is 0 Å². The Kier molecular flexibility index (Phi) is 11.3. The number of carbonyl (C=O) groups excluding carboxylic acids is 1. The first-order valence-electron chi connectivity index (χ1n) is 9.75. The van der Waals surface area contributed by atoms with Gasteiger partial charge in [-0.2, -0.15) is 0 Å². The SMILES string of the molecule is CCNC(=NCC1CCCN1CC)NCCNC(=O)c1cccc(C)c1.I. The monoisotopic (exact) mass is 487 g/mol. The molecule has 0 saturated carbocycles. The van der Waals surface area contributed by atoms with Gasteiger partial charge in [-0.3, -0.25) is 14.7 Å². The number of likely N-dealkylation sites (tertiary alicyclic amines) is 1. The minimum Gasteiger partial charge on any atom is -0.357 e. The number of aliphatic imine (C=N–C) groups is 1. The molecule has 1 aromatic carbocycles. The molecule has 0 spiro atoms. The summed E-state index contributed by atoms with van der Waals surface area (Å²) in [4.78, 5) is 19.4. The second kappa shape index (κ2) is 12.9. The van der Waals surface area contributed by atoms with Gasteiger partial charge < -0.3 is 16.0 Å². The lowest BCUT2D eigenvalue weighted by Gasteiger charge is -2.21. The van der Waals surface area contributed by atoms with Crippen LogP contribution < -0.4 is 16.0 Å². The summed E-state index contributed by atoms with van der Waals surface area (Å²) in [5, 5.41) is 9.52. The molecule has 0 aromatic heterocycles. The Bertz CT molecular complexity index is 608. The first-order chi connectivity index (χ1) is 12.6. The van der Waals surface area contributed by atoms with Gasteiger partial charge in [0, 0.05) is 31.2 Å². The van der Waals surface area contributed by atoms with Crippen LogP contribution >= 0.6 is 24.0 Å². The lowest BCUT2D eigenvalue weighted by atomic mass is 10.1. The van der Waals surface area contributed by atoms with Gasteiger partial charge in [-0.25, -0.2) is 0 Å². The van der Waals surface area contributed by atoms with E-state index in [1.807, 2.05) is 31.2 Å². The van der Waals surface area contributed by atoms with Crippen molar-refractivity contribution in [3.63, 3.8) is 0 Å². The maximum atomic E-state index is 12.1. The van der Waals surface area contributed by atoms with Crippen LogP contribution in [0.2, 0.25) is 0 Å². The third kappa shape index (κ3) is 8.04. The Hall–Kier alpha value is -1.35. The van der Waals surface area contributed by atoms with Crippen LogP contribution in [0.25, 0.3) is 0 Å². The van der Waals surface area contributed by atoms with Crippen molar-refractivity contribution >= 4 is 35.8 Å². The third-order valence-electron chi connectivity index (χ3n) is 4.69. The number of nitrogens with one attached hydrogen (secondary N) is 3. The highest BCUT2D eigenvalue weighted by Gasteiger charge is 2.22. The Balaban J connectivity index is 0.00000364. The van der Waals surface area contributed by atoms with Crippen LogP contribution in [0, 0.1) is 6.92 Å². The van der Waals surface area contributed by atoms with Crippen LogP contribution in [0.15, 0.2) is 29.3 Å². The van der Waals surface area contributed by atoms with Crippen LogP contribution in [-0.4, -0.2) is 62.1 Å². The van der Waals surface area contributed by atoms with Gasteiger partial charge in [0.05, 0.1) is 6.54 Å². The van der Waals surface area contributed by atoms with Crippen LogP contribution in [0.3, 0.4) is 0 Å². The Labute approximate surface area is 180 Å². The third-order valence-corrected chi connectivity index (χ3v) is 4.69. The summed E-state index contributed by atoms with van der Waals surface area (Å²) in [5.74, 6) is 0.780. The van der Waals surface area contributed by atoms with E-state index in [2.05, 4.69) is 34.7 Å². The first-order valence-corrected chi connectivity index (χ1v) is 9.75. The van der Waals surface area contributed by atoms with Crippen molar-refractivity contribution in [3.8, 4) is 0 Å². The van der Waals surface area contributed by atoms with Crippen LogP contribution in [0.5, 0.6) is 0 Å². The van der Waals surface area contributed by atoms with E-state index in [1.165, 1.54) is 19.4 Å². The van der Waals surface area contributed by atoms with E-state index in [1.54, 1.807) is 0 Å². The minimum absolute atomic E-state index is 0. The highest BCUT2D eigenvalue weighted by molar-refractivity contribution is 14.0. The molecule has 3 N–H and O–H groups in total. The highest BCUT2D eigenvalue weighted by atomic mass is 127. The summed E-state index contributed by atoms with van der Waals surface area (Å²) < 4.78 is 0. The van der Waals surface area contributed by atoms with E-state index in [0.29, 0.717) is 24.7 Å². The summed E-state index contributed by atoms with van der Waals surface area (Å²) in [7, 11) is 0. The molecule has 6 nitrogen and oxygen atoms in total. The Morgan fingerprint density at radius 2 is 2.00 bits per heavy atom. The van der Waals surface area contributed by atoms with Crippen molar-refractivity contribution in [1.82, 2.24) is 20.9 Å². The zero-order valence-electron chi connectivity index (χ0n) is 16.8. The molecule has 0 radical (unpaired) electrons. The number of nitrogens with zero attached hydrogens (tertiary/aromatic N) is 2. The molecule has 2 rings (SSSR count). The van der Waals surface area contributed by atoms with Gasteiger partial charge in [-0.1, -0.05) is 24.6 Å². The Morgan fingerprint density at radius 3 is 2.70 bits per heavy atom. The van der Waals surface area contributed by atoms with Gasteiger partial charge in [0.2, 0.25) is 0 Å². The second-order valence-corrected chi connectivity index (χ2v) is 6.70. The van der Waals surface area contributed by atoms with Gasteiger partial charge in [0.25, 0.3) is 5.91 Å². The van der Waals surface area contributed by atoms with E-state index >= 15 is 0 Å². The molecule has 1 aromatic rings. The molecule has 1 unspecified atom stereocenters. The number of carbonyl (C=O) groups is 1. The molecule has 1 fully saturated rings. The molecule has 7 heteroatoms. The fourth-order valence-electron chi connectivity index (χ4n) is 3.30. The predicted molar refractivity (Wildman–Crippen MR) is 123 cm³/mol. The fraction of sp³-hybridized carbons (Fsp3) is 0.600. The summed E-state index contributed by atoms with van der Waals surface area (Å²) in [6.07, 6.45) is 2.49. The van der Waals surface area contributed by atoms with E-state index in [4.69, 9.17) is 4.99 Å². The van der Waals surface area contributed by atoms with Gasteiger partial charge in [0.1, 0.15) is 0 Å². The maximum absolute atomic E-state index is 12.1. The van der Waals surface area contributed by atoms with Crippen molar-refractivity contribution < 1.29 is 4.79 Å². The molecule has 1 saturated heterocycles. The topological polar surface area (TPSA) is 68.8 Å². The first kappa shape index (κ1) is 23.7. The second-order valence-electron chi connectivity index (χ2n) is 6.70. The number of hydrogen-bond acceptors (Lipinski definition) is 3. The number of likely N-dealkylation sites (N-methyl/N-ethyl adjacent to an activating group) is 1. The summed E-state index contributed by atoms with van der Waals surface area (Å²) in [5.41, 5.74) is 1.79. The molecule has 1 aliphatic rings. The molecular formula is C20H34IN5O. The molecule has 1 atom stereocenters. The molecule has 1 heterocycles. The summed E-state index contributed by atoms with van der Waals surface area (Å²) in [6.45, 7) is 11.4. The zero-order valence-corrected chi connectivity index (χ0v) is 19.1. The maximum Gasteiger partial charge on any atom is 0.251 e. The lowest BCUT2D eigenvalue weighted by molar-refractivity contribution is 0.0954. The molecule has 27 heavy (non-hydrogen) atoms. The number of hydrogen-bond donors (Lipinski definition) is 3. The average Bonchev–Trinajstić information content (AvgIpc) is 3.10. The number of guanidine groups is 1. The molecule has 0 aliphatic carbocycles. The van der Waals surface area contributed by atoms with Crippen LogP contribution in [0.4, 0.5) is 0 Å². The quantitative estimate of drug-likeness (QED) is 0.228. The molecule has 152 valence electrons. The molecule has 1 amide bonds. The van der Waals surface area contributed by atoms with E-state index in [9.17, 15) is 4.79 Å². The predicted octanol–water partition coefficient (Wildman–Crippen LogP) is 2.38. The highest BCUT2D eigenvalue weighted by Crippen LogP contribution is 2.16. The fourth-order valence-corrected chi connectivity index (χ4v) is 3.30. The summed E-state index contributed by atoms with van der Waals surface area (Å²) in [6, 6.07) is 8.18. The van der Waals surface area contributed by atoms with Gasteiger partial charge in [-0.05, 0) is 51.9 Å². The average molecular weight is 487 g/mol. The van der Waals surface area contributed by atoms with E-state index in [-0.39, 0.29) is 29.9 Å². The van der Waals surface area contributed by atoms with Crippen molar-refractivity contribution in [2.24, 2.45) is 4.99 Å². The summed E-state index contributed by atoms with van der Waals surface area (Å²) >= 11 is 0. The van der Waals surface area contributed by atoms with Gasteiger partial charge >= 0.3 is 0 Å². The van der Waals surface area contributed by atoms with Crippen molar-refractivity contribution in [1.29, 1.82) is 0 Å². The van der Waals surface area contributed by atoms with Crippen molar-refractivity contribution in [2.75, 3.05) is 39.3 Å². The zero-order chi connectivity index (χ0) is 18.8. The number of rotatable bonds is 8. The largest absolute Gasteiger partial charge is 0.357 e. The molecular weight excluding hydrogens is 453 g/mol. The van der Waals surface area contributed by atoms with Gasteiger partial charge in [-0.15, -0.1) is 24.0 Å². The van der Waals surface area contributed by atoms with E-state index in [0.717, 1.165) is 31.2 Å². The lowest BCUT2D eigenvalue weighted by Crippen LogP contribution is -2.42. The van der Waals surface area contributed by atoms with E-state index < -0.39 is 0 Å². The standard InChI is InChI=1S/C20H33N5O.HI/c1-4-21-20(24-15-18-10-7-13-25(18)5-2)23-12-11-22-19(26)17-9-6-8-16(3)14-17;/h6,8-9,14,18H,4-5,7,10-13,15H2,1-3H3,(H,22,26)(H2,21,23,24);1H. The normalized spacial score (nSPS) is 17.3. The number of aryl methyl sites for hydroxylation is 1.